The van der Waals surface area contributed by atoms with Crippen LogP contribution in [0.25, 0.3) is 116 Å². The molecule has 75 heavy (non-hydrogen) atoms. The topological polar surface area (TPSA) is 9.86 Å². The molecule has 0 N–H and O–H groups in total. The Morgan fingerprint density at radius 1 is 0.347 bits per heavy atom. The summed E-state index contributed by atoms with van der Waals surface area (Å²) in [5.74, 6) is 0. The predicted molar refractivity (Wildman–Crippen MR) is 323 cm³/mol. The highest BCUT2D eigenvalue weighted by Gasteiger charge is 2.43. The van der Waals surface area contributed by atoms with Crippen LogP contribution in [0.15, 0.2) is 188 Å². The normalized spacial score (nSPS) is 12.9. The summed E-state index contributed by atoms with van der Waals surface area (Å²) in [4.78, 5) is 0. The molecular weight excluding hydrogens is 904 g/mol. The van der Waals surface area contributed by atoms with E-state index in [9.17, 15) is 0 Å². The summed E-state index contributed by atoms with van der Waals surface area (Å²) in [6, 6.07) is 72.7. The molecule has 362 valence electrons. The van der Waals surface area contributed by atoms with Gasteiger partial charge in [0.25, 0.3) is 0 Å². The highest BCUT2D eigenvalue weighted by molar-refractivity contribution is 6.90. The van der Waals surface area contributed by atoms with Crippen LogP contribution in [0, 0.1) is 27.7 Å². The number of hydrogen-bond donors (Lipinski definition) is 0. The lowest BCUT2D eigenvalue weighted by Gasteiger charge is -2.36. The molecule has 14 rings (SSSR count). The Balaban J connectivity index is 1.19. The molecule has 2 aliphatic rings. The van der Waals surface area contributed by atoms with Crippen LogP contribution < -0.4 is 10.9 Å². The van der Waals surface area contributed by atoms with Crippen molar-refractivity contribution in [2.45, 2.75) is 80.1 Å². The van der Waals surface area contributed by atoms with Crippen molar-refractivity contribution in [2.75, 3.05) is 0 Å². The lowest BCUT2D eigenvalue weighted by molar-refractivity contribution is 0.569. The van der Waals surface area contributed by atoms with Gasteiger partial charge in [0.1, 0.15) is 0 Å². The summed E-state index contributed by atoms with van der Waals surface area (Å²) in [5.41, 5.74) is 31.9. The zero-order chi connectivity index (χ0) is 51.4. The molecular formula is C72H61BN2. The Kier molecular flexibility index (Phi) is 9.81. The quantitative estimate of drug-likeness (QED) is 0.152. The minimum atomic E-state index is -0.136. The smallest absolute Gasteiger partial charge is 0.333 e. The first-order chi connectivity index (χ1) is 36.1. The molecule has 0 saturated carbocycles. The minimum Gasteiger partial charge on any atom is -0.375 e. The van der Waals surface area contributed by atoms with E-state index in [0.29, 0.717) is 0 Å². The third-order valence-corrected chi connectivity index (χ3v) is 17.1. The van der Waals surface area contributed by atoms with Crippen LogP contribution in [-0.2, 0) is 10.8 Å². The summed E-state index contributed by atoms with van der Waals surface area (Å²) < 4.78 is 5.41. The molecule has 2 nitrogen and oxygen atoms in total. The van der Waals surface area contributed by atoms with Crippen LogP contribution >= 0.6 is 0 Å². The van der Waals surface area contributed by atoms with Gasteiger partial charge in [-0.05, 0) is 193 Å². The number of aryl methyl sites for hydroxylation is 4. The molecule has 0 atom stereocenters. The predicted octanol–water partition coefficient (Wildman–Crippen LogP) is 18.0. The second kappa shape index (κ2) is 16.2. The van der Waals surface area contributed by atoms with Crippen molar-refractivity contribution in [3.8, 4) is 72.4 Å². The summed E-state index contributed by atoms with van der Waals surface area (Å²) in [6.07, 6.45) is 0. The van der Waals surface area contributed by atoms with Gasteiger partial charge in [-0.25, -0.2) is 0 Å². The fourth-order valence-electron chi connectivity index (χ4n) is 13.2. The standard InChI is InChI=1S/C72H61BN2/c1-42-19-11-15-23-53(42)46-27-30-64-58(35-46)61-38-50(56-26-18-14-22-45(56)4)40-63-70(61)74(64)66-32-29-57(48-33-51(71(5,6)7)41-52(34-48)72(8,9)10)67-62-39-49(55-25-17-13-21-44(55)3)37-60-59-36-47(54-24-16-12-20-43(54)2)28-31-65(59)75(69(60)62)73(63)68(66)67/h11-41H,1-10H3. The van der Waals surface area contributed by atoms with E-state index in [4.69, 9.17) is 0 Å². The van der Waals surface area contributed by atoms with E-state index < -0.39 is 0 Å². The summed E-state index contributed by atoms with van der Waals surface area (Å²) in [5, 5.41) is 5.13. The van der Waals surface area contributed by atoms with Crippen LogP contribution in [0.1, 0.15) is 74.9 Å². The van der Waals surface area contributed by atoms with Crippen LogP contribution in [0.2, 0.25) is 0 Å². The molecule has 0 unspecified atom stereocenters. The maximum Gasteiger partial charge on any atom is 0.333 e. The molecule has 12 aromatic rings. The van der Waals surface area contributed by atoms with E-state index >= 15 is 0 Å². The van der Waals surface area contributed by atoms with Gasteiger partial charge in [0.05, 0.1) is 11.0 Å². The molecule has 10 aromatic carbocycles. The Hall–Kier alpha value is -8.14. The third-order valence-electron chi connectivity index (χ3n) is 17.1. The highest BCUT2D eigenvalue weighted by Crippen LogP contribution is 2.50. The average molecular weight is 965 g/mol. The maximum atomic E-state index is 2.77. The van der Waals surface area contributed by atoms with E-state index in [-0.39, 0.29) is 17.7 Å². The lowest BCUT2D eigenvalue weighted by Crippen LogP contribution is -2.55. The van der Waals surface area contributed by atoms with E-state index in [1.165, 1.54) is 160 Å². The summed E-state index contributed by atoms with van der Waals surface area (Å²) in [6.45, 7) is 23.0. The van der Waals surface area contributed by atoms with Gasteiger partial charge in [-0.1, -0.05) is 181 Å². The first-order valence-corrected chi connectivity index (χ1v) is 26.9. The average Bonchev–Trinajstić information content (AvgIpc) is 3.91. The zero-order valence-corrected chi connectivity index (χ0v) is 44.9. The molecule has 0 aliphatic carbocycles. The molecule has 0 bridgehead atoms. The summed E-state index contributed by atoms with van der Waals surface area (Å²) in [7, 11) is 0. The number of fused-ring (bicyclic) bond motifs is 10. The van der Waals surface area contributed by atoms with Gasteiger partial charge >= 0.3 is 6.85 Å². The van der Waals surface area contributed by atoms with Gasteiger partial charge in [-0.3, -0.25) is 0 Å². The molecule has 3 heteroatoms. The molecule has 0 radical (unpaired) electrons. The summed E-state index contributed by atoms with van der Waals surface area (Å²) >= 11 is 0. The third kappa shape index (κ3) is 6.79. The number of nitrogens with zero attached hydrogens (tertiary/aromatic N) is 2. The van der Waals surface area contributed by atoms with Gasteiger partial charge in [0.15, 0.2) is 0 Å². The lowest BCUT2D eigenvalue weighted by atomic mass is 9.45. The van der Waals surface area contributed by atoms with Crippen molar-refractivity contribution >= 4 is 61.4 Å². The van der Waals surface area contributed by atoms with Crippen LogP contribution in [0.5, 0.6) is 0 Å². The maximum absolute atomic E-state index is 2.77. The number of benzene rings is 10. The number of aromatic nitrogens is 2. The van der Waals surface area contributed by atoms with Crippen molar-refractivity contribution in [1.82, 2.24) is 9.05 Å². The van der Waals surface area contributed by atoms with Crippen LogP contribution in [0.3, 0.4) is 0 Å². The Morgan fingerprint density at radius 2 is 0.787 bits per heavy atom. The molecule has 0 spiro atoms. The largest absolute Gasteiger partial charge is 0.375 e. The van der Waals surface area contributed by atoms with E-state index in [0.717, 1.165) is 0 Å². The molecule has 2 aromatic heterocycles. The first kappa shape index (κ1) is 45.5. The van der Waals surface area contributed by atoms with Gasteiger partial charge in [-0.15, -0.1) is 0 Å². The Morgan fingerprint density at radius 3 is 1.31 bits per heavy atom. The number of hydrogen-bond acceptors (Lipinski definition) is 0. The van der Waals surface area contributed by atoms with E-state index in [1.54, 1.807) is 0 Å². The minimum absolute atomic E-state index is 0.0546. The molecule has 0 saturated heterocycles. The van der Waals surface area contributed by atoms with Crippen molar-refractivity contribution in [1.29, 1.82) is 0 Å². The first-order valence-electron chi connectivity index (χ1n) is 26.9. The second-order valence-electron chi connectivity index (χ2n) is 23.9. The zero-order valence-electron chi connectivity index (χ0n) is 44.9. The van der Waals surface area contributed by atoms with Crippen LogP contribution in [0.4, 0.5) is 0 Å². The van der Waals surface area contributed by atoms with Crippen molar-refractivity contribution < 1.29 is 0 Å². The molecule has 4 heterocycles. The monoisotopic (exact) mass is 964 g/mol. The molecule has 0 fully saturated rings. The van der Waals surface area contributed by atoms with Crippen molar-refractivity contribution in [3.05, 3.63) is 221 Å². The van der Waals surface area contributed by atoms with Crippen LogP contribution in [-0.4, -0.2) is 15.9 Å². The van der Waals surface area contributed by atoms with Gasteiger partial charge in [0, 0.05) is 43.8 Å². The van der Waals surface area contributed by atoms with E-state index in [1.807, 2.05) is 0 Å². The number of rotatable bonds is 5. The van der Waals surface area contributed by atoms with Crippen molar-refractivity contribution in [2.24, 2.45) is 0 Å². The SMILES string of the molecule is Cc1ccccc1-c1ccc2c(c1)c1cc(-c3ccccc3C)cc3c1n2B1c2c(ccc(-c4cc(C(C)(C)C)cc(C(C)(C)C)c4)c2-3)-n2c3ccc(-c4ccccc4C)cc3c3cc(-c4ccccc4C)cc1c32. The highest BCUT2D eigenvalue weighted by atomic mass is 15.0. The fourth-order valence-corrected chi connectivity index (χ4v) is 13.2. The second-order valence-corrected chi connectivity index (χ2v) is 23.9. The van der Waals surface area contributed by atoms with Crippen molar-refractivity contribution in [3.63, 3.8) is 0 Å². The Labute approximate surface area is 442 Å². The molecule has 0 amide bonds. The fraction of sp³-hybridized carbons (Fsp3) is 0.167. The van der Waals surface area contributed by atoms with Gasteiger partial charge < -0.3 is 9.05 Å². The van der Waals surface area contributed by atoms with Gasteiger partial charge in [0.2, 0.25) is 0 Å². The van der Waals surface area contributed by atoms with Gasteiger partial charge in [-0.2, -0.15) is 0 Å². The van der Waals surface area contributed by atoms with E-state index in [2.05, 4.69) is 266 Å². The Bertz CT molecular complexity index is 4390. The molecule has 2 aliphatic heterocycles.